The molecule has 2 rings (SSSR count). The third-order valence-corrected chi connectivity index (χ3v) is 2.03. The Balaban J connectivity index is 0.000000845. The van der Waals surface area contributed by atoms with E-state index in [9.17, 15) is 0 Å². The Morgan fingerprint density at radius 3 is 2.77 bits per heavy atom. The molecule has 72 valence electrons. The van der Waals surface area contributed by atoms with Gasteiger partial charge in [-0.05, 0) is 17.7 Å². The van der Waals surface area contributed by atoms with Gasteiger partial charge in [0, 0.05) is 18.9 Å². The predicted octanol–water partition coefficient (Wildman–Crippen LogP) is 1.16. The van der Waals surface area contributed by atoms with Crippen molar-refractivity contribution in [3.8, 4) is 0 Å². The number of nitrogens with one attached hydrogen (secondary N) is 1. The van der Waals surface area contributed by atoms with Gasteiger partial charge in [0.15, 0.2) is 0 Å². The van der Waals surface area contributed by atoms with E-state index in [4.69, 9.17) is 4.74 Å². The fraction of sp³-hybridized carbons (Fsp3) is 0.444. The molecule has 0 saturated carbocycles. The SMILES string of the molecule is Cl.c1cc([C@H]2COCCN2)ccn1. The third-order valence-electron chi connectivity index (χ3n) is 2.03. The number of halogens is 1. The van der Waals surface area contributed by atoms with Crippen molar-refractivity contribution in [2.24, 2.45) is 0 Å². The smallest absolute Gasteiger partial charge is 0.0662 e. The van der Waals surface area contributed by atoms with Gasteiger partial charge < -0.3 is 10.1 Å². The molecule has 1 aliphatic rings. The van der Waals surface area contributed by atoms with Gasteiger partial charge in [0.05, 0.1) is 19.3 Å². The van der Waals surface area contributed by atoms with Crippen LogP contribution in [0, 0.1) is 0 Å². The van der Waals surface area contributed by atoms with Crippen LogP contribution in [0.4, 0.5) is 0 Å². The molecular formula is C9H13ClN2O. The fourth-order valence-corrected chi connectivity index (χ4v) is 1.38. The summed E-state index contributed by atoms with van der Waals surface area (Å²) in [5.41, 5.74) is 1.25. The van der Waals surface area contributed by atoms with E-state index < -0.39 is 0 Å². The summed E-state index contributed by atoms with van der Waals surface area (Å²) in [5, 5.41) is 3.38. The molecule has 13 heavy (non-hydrogen) atoms. The minimum Gasteiger partial charge on any atom is -0.378 e. The van der Waals surface area contributed by atoms with Crippen molar-refractivity contribution < 1.29 is 4.74 Å². The van der Waals surface area contributed by atoms with Crippen LogP contribution < -0.4 is 5.32 Å². The zero-order valence-corrected chi connectivity index (χ0v) is 8.09. The number of hydrogen-bond acceptors (Lipinski definition) is 3. The first kappa shape index (κ1) is 10.4. The number of pyridine rings is 1. The Morgan fingerprint density at radius 2 is 2.15 bits per heavy atom. The standard InChI is InChI=1S/C9H12N2O.ClH/c1-3-10-4-2-8(1)9-7-12-6-5-11-9;/h1-4,9,11H,5-7H2;1H/t9-;/m1./s1. The average molecular weight is 201 g/mol. The summed E-state index contributed by atoms with van der Waals surface area (Å²) in [6.45, 7) is 2.53. The van der Waals surface area contributed by atoms with Gasteiger partial charge in [0.25, 0.3) is 0 Å². The van der Waals surface area contributed by atoms with Crippen LogP contribution in [0.5, 0.6) is 0 Å². The fourth-order valence-electron chi connectivity index (χ4n) is 1.38. The van der Waals surface area contributed by atoms with Crippen LogP contribution >= 0.6 is 12.4 Å². The van der Waals surface area contributed by atoms with Crippen LogP contribution in [-0.2, 0) is 4.74 Å². The van der Waals surface area contributed by atoms with E-state index in [0.29, 0.717) is 6.04 Å². The molecule has 1 aliphatic heterocycles. The lowest BCUT2D eigenvalue weighted by Crippen LogP contribution is -2.34. The third kappa shape index (κ3) is 2.66. The highest BCUT2D eigenvalue weighted by molar-refractivity contribution is 5.85. The molecular weight excluding hydrogens is 188 g/mol. The summed E-state index contributed by atoms with van der Waals surface area (Å²) in [6, 6.07) is 4.39. The zero-order chi connectivity index (χ0) is 8.23. The summed E-state index contributed by atoms with van der Waals surface area (Å²) in [6.07, 6.45) is 3.62. The molecule has 1 fully saturated rings. The number of hydrogen-bond donors (Lipinski definition) is 1. The monoisotopic (exact) mass is 200 g/mol. The molecule has 0 bridgehead atoms. The average Bonchev–Trinajstić information content (AvgIpc) is 2.21. The molecule has 0 radical (unpaired) electrons. The first-order valence-corrected chi connectivity index (χ1v) is 4.18. The van der Waals surface area contributed by atoms with E-state index in [1.54, 1.807) is 0 Å². The summed E-state index contributed by atoms with van der Waals surface area (Å²) in [7, 11) is 0. The molecule has 0 amide bonds. The number of nitrogens with zero attached hydrogens (tertiary/aromatic N) is 1. The van der Waals surface area contributed by atoms with Gasteiger partial charge >= 0.3 is 0 Å². The lowest BCUT2D eigenvalue weighted by molar-refractivity contribution is 0.0768. The lowest BCUT2D eigenvalue weighted by Gasteiger charge is -2.23. The molecule has 4 heteroatoms. The quantitative estimate of drug-likeness (QED) is 0.739. The molecule has 0 aromatic carbocycles. The highest BCUT2D eigenvalue weighted by Gasteiger charge is 2.13. The van der Waals surface area contributed by atoms with Crippen LogP contribution in [0.3, 0.4) is 0 Å². The van der Waals surface area contributed by atoms with Crippen molar-refractivity contribution in [2.45, 2.75) is 6.04 Å². The van der Waals surface area contributed by atoms with Crippen LogP contribution in [0.25, 0.3) is 0 Å². The second-order valence-electron chi connectivity index (χ2n) is 2.86. The minimum atomic E-state index is 0. The molecule has 1 aromatic heterocycles. The summed E-state index contributed by atoms with van der Waals surface area (Å²) in [5.74, 6) is 0. The zero-order valence-electron chi connectivity index (χ0n) is 7.27. The maximum Gasteiger partial charge on any atom is 0.0662 e. The molecule has 1 saturated heterocycles. The molecule has 1 atom stereocenters. The van der Waals surface area contributed by atoms with E-state index in [-0.39, 0.29) is 12.4 Å². The van der Waals surface area contributed by atoms with Crippen molar-refractivity contribution in [3.63, 3.8) is 0 Å². The van der Waals surface area contributed by atoms with E-state index >= 15 is 0 Å². The van der Waals surface area contributed by atoms with Gasteiger partial charge in [-0.3, -0.25) is 4.98 Å². The Bertz CT molecular complexity index is 237. The number of morpholine rings is 1. The van der Waals surface area contributed by atoms with E-state index in [2.05, 4.69) is 10.3 Å². The predicted molar refractivity (Wildman–Crippen MR) is 53.0 cm³/mol. The lowest BCUT2D eigenvalue weighted by atomic mass is 10.1. The number of ether oxygens (including phenoxy) is 1. The van der Waals surface area contributed by atoms with Gasteiger partial charge in [-0.25, -0.2) is 0 Å². The van der Waals surface area contributed by atoms with E-state index in [1.807, 2.05) is 24.5 Å². The highest BCUT2D eigenvalue weighted by Crippen LogP contribution is 2.13. The maximum atomic E-state index is 5.35. The normalized spacial score (nSPS) is 22.0. The molecule has 1 aromatic rings. The van der Waals surface area contributed by atoms with E-state index in [1.165, 1.54) is 5.56 Å². The van der Waals surface area contributed by atoms with Gasteiger partial charge in [-0.1, -0.05) is 0 Å². The minimum absolute atomic E-state index is 0. The first-order chi connectivity index (χ1) is 5.97. The van der Waals surface area contributed by atoms with Crippen molar-refractivity contribution in [1.29, 1.82) is 0 Å². The van der Waals surface area contributed by atoms with Gasteiger partial charge in [-0.2, -0.15) is 0 Å². The highest BCUT2D eigenvalue weighted by atomic mass is 35.5. The van der Waals surface area contributed by atoms with Crippen LogP contribution in [0.1, 0.15) is 11.6 Å². The van der Waals surface area contributed by atoms with Crippen molar-refractivity contribution in [2.75, 3.05) is 19.8 Å². The molecule has 1 N–H and O–H groups in total. The largest absolute Gasteiger partial charge is 0.378 e. The van der Waals surface area contributed by atoms with Crippen molar-refractivity contribution in [3.05, 3.63) is 30.1 Å². The van der Waals surface area contributed by atoms with Crippen molar-refractivity contribution >= 4 is 12.4 Å². The second kappa shape index (κ2) is 5.17. The second-order valence-corrected chi connectivity index (χ2v) is 2.86. The Hall–Kier alpha value is -0.640. The number of rotatable bonds is 1. The van der Waals surface area contributed by atoms with E-state index in [0.717, 1.165) is 19.8 Å². The molecule has 3 nitrogen and oxygen atoms in total. The molecule has 2 heterocycles. The Kier molecular flexibility index (Phi) is 4.15. The number of aromatic nitrogens is 1. The van der Waals surface area contributed by atoms with Gasteiger partial charge in [0.1, 0.15) is 0 Å². The Labute approximate surface area is 83.9 Å². The molecule has 0 spiro atoms. The van der Waals surface area contributed by atoms with Crippen LogP contribution in [-0.4, -0.2) is 24.7 Å². The topological polar surface area (TPSA) is 34.1 Å². The Morgan fingerprint density at radius 1 is 1.38 bits per heavy atom. The molecule has 0 unspecified atom stereocenters. The van der Waals surface area contributed by atoms with Crippen LogP contribution in [0.15, 0.2) is 24.5 Å². The van der Waals surface area contributed by atoms with Gasteiger partial charge in [0.2, 0.25) is 0 Å². The van der Waals surface area contributed by atoms with Crippen molar-refractivity contribution in [1.82, 2.24) is 10.3 Å². The summed E-state index contributed by atoms with van der Waals surface area (Å²) in [4.78, 5) is 3.97. The summed E-state index contributed by atoms with van der Waals surface area (Å²) < 4.78 is 5.35. The first-order valence-electron chi connectivity index (χ1n) is 4.18. The maximum absolute atomic E-state index is 5.35. The van der Waals surface area contributed by atoms with Gasteiger partial charge in [-0.15, -0.1) is 12.4 Å². The molecule has 0 aliphatic carbocycles. The van der Waals surface area contributed by atoms with Crippen LogP contribution in [0.2, 0.25) is 0 Å². The summed E-state index contributed by atoms with van der Waals surface area (Å²) >= 11 is 0.